The van der Waals surface area contributed by atoms with Crippen molar-refractivity contribution < 1.29 is 28.5 Å². The van der Waals surface area contributed by atoms with Crippen LogP contribution in [0.5, 0.6) is 11.5 Å². The molecular weight excluding hydrogens is 438 g/mol. The molecule has 3 aromatic carbocycles. The molecule has 0 aromatic heterocycles. The molecule has 162 valence electrons. The molecule has 1 aliphatic carbocycles. The predicted octanol–water partition coefficient (Wildman–Crippen LogP) is 3.67. The topological polar surface area (TPSA) is 180 Å². The standard InChI is InChI=1S/C21H15N3O7S/c1-10-6-7-11(8-15(10)24(27)28)23-14-9-16(32(29,30)31)19(22)18-17(14)20(25)12-4-2-3-5-13(12)21(18)26/h2-9H,1H3,(H4-,22,23,25,26,29,30,31). The van der Waals surface area contributed by atoms with Gasteiger partial charge >= 0.3 is 10.5 Å². The van der Waals surface area contributed by atoms with E-state index < -0.39 is 37.5 Å². The summed E-state index contributed by atoms with van der Waals surface area (Å²) < 4.78 is 31.4. The fraction of sp³-hybridized carbons (Fsp3) is 0.0476. The second kappa shape index (κ2) is 7.34. The largest absolute Gasteiger partial charge is 0.872 e. The van der Waals surface area contributed by atoms with E-state index in [2.05, 4.69) is 4.99 Å². The Morgan fingerprint density at radius 2 is 1.75 bits per heavy atom. The molecule has 0 fully saturated rings. The number of hydrogen-bond acceptors (Lipinski definition) is 7. The van der Waals surface area contributed by atoms with Gasteiger partial charge in [-0.25, -0.2) is 4.99 Å². The van der Waals surface area contributed by atoms with Gasteiger partial charge in [0.1, 0.15) is 11.5 Å². The lowest BCUT2D eigenvalue weighted by Crippen LogP contribution is -2.27. The smallest absolute Gasteiger partial charge is 0.388 e. The van der Waals surface area contributed by atoms with Crippen molar-refractivity contribution in [3.8, 4) is 11.5 Å². The number of nitro benzene ring substituents is 1. The van der Waals surface area contributed by atoms with Gasteiger partial charge in [0.2, 0.25) is 0 Å². The number of benzene rings is 3. The number of phenolic OH excluding ortho intramolecular Hbond substituents is 1. The minimum Gasteiger partial charge on any atom is -0.872 e. The number of fused-ring (bicyclic) bond motifs is 2. The number of allylic oxidation sites excluding steroid dienone is 2. The average Bonchev–Trinajstić information content (AvgIpc) is 2.73. The number of hydrogen-bond donors (Lipinski definition) is 4. The van der Waals surface area contributed by atoms with Gasteiger partial charge in [-0.15, -0.1) is 0 Å². The van der Waals surface area contributed by atoms with Crippen molar-refractivity contribution in [2.45, 2.75) is 6.92 Å². The van der Waals surface area contributed by atoms with Gasteiger partial charge < -0.3 is 10.2 Å². The first-order valence-electron chi connectivity index (χ1n) is 9.09. The maximum Gasteiger partial charge on any atom is 0.388 e. The summed E-state index contributed by atoms with van der Waals surface area (Å²) in [5, 5.41) is 43.8. The van der Waals surface area contributed by atoms with Crippen LogP contribution in [0.25, 0.3) is 10.8 Å². The lowest BCUT2D eigenvalue weighted by molar-refractivity contribution is -0.385. The van der Waals surface area contributed by atoms with Gasteiger partial charge in [-0.2, -0.15) is 9.11 Å². The normalized spacial score (nSPS) is 15.0. The molecule has 0 amide bonds. The molecule has 0 saturated carbocycles. The van der Waals surface area contributed by atoms with Crippen molar-refractivity contribution in [2.75, 3.05) is 0 Å². The second-order valence-corrected chi connectivity index (χ2v) is 8.51. The molecule has 0 heterocycles. The molecule has 0 aliphatic heterocycles. The summed E-state index contributed by atoms with van der Waals surface area (Å²) in [5.41, 5.74) is -1.30. The monoisotopic (exact) mass is 453 g/mol. The first-order valence-corrected chi connectivity index (χ1v) is 10.6. The van der Waals surface area contributed by atoms with Crippen LogP contribution in [0.1, 0.15) is 16.7 Å². The maximum atomic E-state index is 13.2. The minimum atomic E-state index is -4.67. The second-order valence-electron chi connectivity index (χ2n) is 7.08. The Morgan fingerprint density at radius 3 is 2.38 bits per heavy atom. The molecule has 4 N–H and O–H groups in total. The van der Waals surface area contributed by atoms with Crippen LogP contribution < -0.4 is 5.11 Å². The van der Waals surface area contributed by atoms with Crippen LogP contribution in [0.15, 0.2) is 58.4 Å². The lowest BCUT2D eigenvalue weighted by Gasteiger charge is -2.25. The number of aromatic hydroxyl groups is 1. The Morgan fingerprint density at radius 1 is 1.09 bits per heavy atom. The molecule has 3 aromatic rings. The lowest BCUT2D eigenvalue weighted by atomic mass is 9.88. The molecule has 0 unspecified atom stereocenters. The Bertz CT molecular complexity index is 1450. The minimum absolute atomic E-state index is 0.0571. The molecule has 0 spiro atoms. The van der Waals surface area contributed by atoms with Crippen molar-refractivity contribution in [3.63, 3.8) is 0 Å². The van der Waals surface area contributed by atoms with E-state index in [9.17, 15) is 33.6 Å². The first kappa shape index (κ1) is 21.3. The van der Waals surface area contributed by atoms with E-state index in [0.717, 1.165) is 12.1 Å². The molecule has 0 saturated heterocycles. The Balaban J connectivity index is 2.09. The van der Waals surface area contributed by atoms with E-state index in [1.54, 1.807) is 12.1 Å². The molecule has 0 radical (unpaired) electrons. The molecule has 0 bridgehead atoms. The summed E-state index contributed by atoms with van der Waals surface area (Å²) in [4.78, 5) is 14.1. The number of aryl methyl sites for hydroxylation is 1. The van der Waals surface area contributed by atoms with E-state index in [-0.39, 0.29) is 39.0 Å². The number of aliphatic imine (C=N–C) groups is 1. The number of phenols is 1. The van der Waals surface area contributed by atoms with Crippen LogP contribution in [-0.4, -0.2) is 30.6 Å². The molecule has 4 rings (SSSR count). The number of nitro groups is 1. The highest BCUT2D eigenvalue weighted by molar-refractivity contribution is 7.97. The highest BCUT2D eigenvalue weighted by atomic mass is 32.3. The first-order chi connectivity index (χ1) is 15.0. The average molecular weight is 453 g/mol. The molecule has 10 nitrogen and oxygen atoms in total. The summed E-state index contributed by atoms with van der Waals surface area (Å²) in [7, 11) is -4.67. The van der Waals surface area contributed by atoms with E-state index in [1.807, 2.05) is 0 Å². The van der Waals surface area contributed by atoms with Gasteiger partial charge in [-0.1, -0.05) is 36.1 Å². The van der Waals surface area contributed by atoms with Crippen LogP contribution in [0.3, 0.4) is 0 Å². The van der Waals surface area contributed by atoms with Crippen LogP contribution in [0.2, 0.25) is 0 Å². The number of nitrogens with one attached hydrogen (secondary N) is 1. The zero-order valence-electron chi connectivity index (χ0n) is 16.4. The zero-order valence-corrected chi connectivity index (χ0v) is 17.2. The number of rotatable bonds is 3. The quantitative estimate of drug-likeness (QED) is 0.265. The molecule has 1 aliphatic rings. The summed E-state index contributed by atoms with van der Waals surface area (Å²) >= 11 is 0. The van der Waals surface area contributed by atoms with Crippen molar-refractivity contribution >= 4 is 44.1 Å². The van der Waals surface area contributed by atoms with E-state index in [0.29, 0.717) is 5.56 Å². The molecule has 11 heteroatoms. The Hall–Kier alpha value is -3.93. The van der Waals surface area contributed by atoms with Crippen molar-refractivity contribution in [1.82, 2.24) is 0 Å². The SMILES string of the molecule is Cc1ccc(N=C2C=C([S+](=O)(O)O)C(=N)c3c2c([O-])c2ccccc2c3O)cc1[N+](=O)[O-]. The van der Waals surface area contributed by atoms with Gasteiger partial charge in [-0.05, 0) is 22.6 Å². The van der Waals surface area contributed by atoms with E-state index in [1.165, 1.54) is 31.2 Å². The van der Waals surface area contributed by atoms with Crippen LogP contribution >= 0.6 is 0 Å². The predicted molar refractivity (Wildman–Crippen MR) is 117 cm³/mol. The number of nitrogens with zero attached hydrogens (tertiary/aromatic N) is 2. The fourth-order valence-electron chi connectivity index (χ4n) is 3.57. The van der Waals surface area contributed by atoms with Gasteiger partial charge in [0.25, 0.3) is 10.6 Å². The fourth-order valence-corrected chi connectivity index (χ4v) is 4.20. The highest BCUT2D eigenvalue weighted by Crippen LogP contribution is 2.43. The van der Waals surface area contributed by atoms with Crippen LogP contribution in [0.4, 0.5) is 11.4 Å². The Labute approximate surface area is 181 Å². The third kappa shape index (κ3) is 3.34. The summed E-state index contributed by atoms with van der Waals surface area (Å²) in [6.07, 6.45) is 0.897. The van der Waals surface area contributed by atoms with Gasteiger partial charge in [0.15, 0.2) is 0 Å². The highest BCUT2D eigenvalue weighted by Gasteiger charge is 2.41. The third-order valence-corrected chi connectivity index (χ3v) is 5.98. The summed E-state index contributed by atoms with van der Waals surface area (Å²) in [6, 6.07) is 10.1. The van der Waals surface area contributed by atoms with Gasteiger partial charge in [0.05, 0.1) is 21.9 Å². The van der Waals surface area contributed by atoms with Crippen LogP contribution in [0, 0.1) is 22.4 Å². The van der Waals surface area contributed by atoms with Crippen LogP contribution in [-0.2, 0) is 14.7 Å². The Kier molecular flexibility index (Phi) is 4.89. The van der Waals surface area contributed by atoms with Gasteiger partial charge in [0, 0.05) is 28.7 Å². The third-order valence-electron chi connectivity index (χ3n) is 5.09. The van der Waals surface area contributed by atoms with Gasteiger partial charge in [-0.3, -0.25) is 15.5 Å². The van der Waals surface area contributed by atoms with Crippen molar-refractivity contribution in [3.05, 3.63) is 80.3 Å². The zero-order chi connectivity index (χ0) is 23.4. The van der Waals surface area contributed by atoms with E-state index in [4.69, 9.17) is 5.41 Å². The van der Waals surface area contributed by atoms with E-state index >= 15 is 0 Å². The molecule has 32 heavy (non-hydrogen) atoms. The van der Waals surface area contributed by atoms with Crippen molar-refractivity contribution in [1.29, 1.82) is 5.41 Å². The van der Waals surface area contributed by atoms with Crippen molar-refractivity contribution in [2.24, 2.45) is 4.99 Å². The molecule has 0 atom stereocenters. The summed E-state index contributed by atoms with van der Waals surface area (Å²) in [5.74, 6) is -1.09. The maximum absolute atomic E-state index is 13.2. The summed E-state index contributed by atoms with van der Waals surface area (Å²) in [6.45, 7) is 1.54. The molecular formula is C21H15N3O7S.